The van der Waals surface area contributed by atoms with Crippen LogP contribution in [0.5, 0.6) is 0 Å². The molecule has 0 aromatic heterocycles. The van der Waals surface area contributed by atoms with Crippen LogP contribution in [0.3, 0.4) is 0 Å². The third-order valence-electron chi connectivity index (χ3n) is 3.77. The predicted octanol–water partition coefficient (Wildman–Crippen LogP) is 2.35. The highest BCUT2D eigenvalue weighted by Gasteiger charge is 2.29. The fourth-order valence-electron chi connectivity index (χ4n) is 2.38. The maximum absolute atomic E-state index is 3.56. The Morgan fingerprint density at radius 2 is 1.73 bits per heavy atom. The average molecular weight is 212 g/mol. The minimum Gasteiger partial charge on any atom is -0.313 e. The standard InChI is InChI=1S/C13H28N2/c1-6-13(7-14-10(2)3)15-8-11(4)12(5)9-15/h10-14H,6-9H2,1-5H3. The normalized spacial score (nSPS) is 30.0. The summed E-state index contributed by atoms with van der Waals surface area (Å²) < 4.78 is 0. The van der Waals surface area contributed by atoms with E-state index in [2.05, 4.69) is 44.8 Å². The zero-order chi connectivity index (χ0) is 11.4. The summed E-state index contributed by atoms with van der Waals surface area (Å²) in [6.07, 6.45) is 1.26. The smallest absolute Gasteiger partial charge is 0.0218 e. The van der Waals surface area contributed by atoms with Crippen LogP contribution in [-0.4, -0.2) is 36.6 Å². The van der Waals surface area contributed by atoms with Gasteiger partial charge >= 0.3 is 0 Å². The highest BCUT2D eigenvalue weighted by molar-refractivity contribution is 4.84. The summed E-state index contributed by atoms with van der Waals surface area (Å²) in [5, 5.41) is 3.56. The average Bonchev–Trinajstić information content (AvgIpc) is 2.47. The molecule has 2 heteroatoms. The molecular formula is C13H28N2. The van der Waals surface area contributed by atoms with Gasteiger partial charge in [0.1, 0.15) is 0 Å². The van der Waals surface area contributed by atoms with E-state index in [0.29, 0.717) is 6.04 Å². The van der Waals surface area contributed by atoms with Gasteiger partial charge in [-0.1, -0.05) is 34.6 Å². The summed E-state index contributed by atoms with van der Waals surface area (Å²) in [5.41, 5.74) is 0. The number of hydrogen-bond donors (Lipinski definition) is 1. The van der Waals surface area contributed by atoms with Crippen LogP contribution in [0.2, 0.25) is 0 Å². The molecule has 0 aromatic carbocycles. The van der Waals surface area contributed by atoms with Crippen molar-refractivity contribution in [2.75, 3.05) is 19.6 Å². The fourth-order valence-corrected chi connectivity index (χ4v) is 2.38. The molecule has 0 aromatic rings. The first-order valence-corrected chi connectivity index (χ1v) is 6.52. The highest BCUT2D eigenvalue weighted by Crippen LogP contribution is 2.24. The Morgan fingerprint density at radius 1 is 1.20 bits per heavy atom. The molecular weight excluding hydrogens is 184 g/mol. The third kappa shape index (κ3) is 3.76. The van der Waals surface area contributed by atoms with Crippen molar-refractivity contribution >= 4 is 0 Å². The van der Waals surface area contributed by atoms with Gasteiger partial charge in [-0.25, -0.2) is 0 Å². The lowest BCUT2D eigenvalue weighted by atomic mass is 10.0. The van der Waals surface area contributed by atoms with Crippen molar-refractivity contribution in [1.82, 2.24) is 10.2 Å². The molecule has 0 amide bonds. The van der Waals surface area contributed by atoms with Crippen LogP contribution in [0.4, 0.5) is 0 Å². The molecule has 1 N–H and O–H groups in total. The molecule has 0 aliphatic carbocycles. The van der Waals surface area contributed by atoms with E-state index >= 15 is 0 Å². The van der Waals surface area contributed by atoms with Crippen molar-refractivity contribution in [3.63, 3.8) is 0 Å². The molecule has 1 saturated heterocycles. The lowest BCUT2D eigenvalue weighted by Crippen LogP contribution is -2.42. The minimum absolute atomic E-state index is 0.608. The van der Waals surface area contributed by atoms with Crippen LogP contribution in [0.1, 0.15) is 41.0 Å². The summed E-state index contributed by atoms with van der Waals surface area (Å²) in [4.78, 5) is 2.67. The van der Waals surface area contributed by atoms with E-state index in [9.17, 15) is 0 Å². The van der Waals surface area contributed by atoms with Crippen LogP contribution in [-0.2, 0) is 0 Å². The number of nitrogens with one attached hydrogen (secondary N) is 1. The van der Waals surface area contributed by atoms with Crippen LogP contribution in [0.15, 0.2) is 0 Å². The molecule has 3 atom stereocenters. The topological polar surface area (TPSA) is 15.3 Å². The van der Waals surface area contributed by atoms with E-state index in [-0.39, 0.29) is 0 Å². The van der Waals surface area contributed by atoms with Crippen molar-refractivity contribution in [3.8, 4) is 0 Å². The van der Waals surface area contributed by atoms with Gasteiger partial charge in [-0.15, -0.1) is 0 Å². The lowest BCUT2D eigenvalue weighted by molar-refractivity contribution is 0.217. The zero-order valence-electron chi connectivity index (χ0n) is 11.1. The van der Waals surface area contributed by atoms with Crippen LogP contribution in [0.25, 0.3) is 0 Å². The maximum atomic E-state index is 3.56. The van der Waals surface area contributed by atoms with Gasteiger partial charge in [0.05, 0.1) is 0 Å². The van der Waals surface area contributed by atoms with Gasteiger partial charge in [0, 0.05) is 31.7 Å². The summed E-state index contributed by atoms with van der Waals surface area (Å²) in [6.45, 7) is 15.2. The van der Waals surface area contributed by atoms with E-state index < -0.39 is 0 Å². The third-order valence-corrected chi connectivity index (χ3v) is 3.77. The van der Waals surface area contributed by atoms with Gasteiger partial charge < -0.3 is 5.32 Å². The number of likely N-dealkylation sites (tertiary alicyclic amines) is 1. The van der Waals surface area contributed by atoms with E-state index in [0.717, 1.165) is 24.4 Å². The number of rotatable bonds is 5. The first-order valence-electron chi connectivity index (χ1n) is 6.52. The summed E-state index contributed by atoms with van der Waals surface area (Å²) in [7, 11) is 0. The zero-order valence-corrected chi connectivity index (χ0v) is 11.1. The molecule has 2 nitrogen and oxygen atoms in total. The molecule has 3 unspecified atom stereocenters. The van der Waals surface area contributed by atoms with Crippen molar-refractivity contribution in [3.05, 3.63) is 0 Å². The number of hydrogen-bond acceptors (Lipinski definition) is 2. The quantitative estimate of drug-likeness (QED) is 0.752. The largest absolute Gasteiger partial charge is 0.313 e. The molecule has 1 rings (SSSR count). The second kappa shape index (κ2) is 5.86. The van der Waals surface area contributed by atoms with Crippen molar-refractivity contribution in [2.24, 2.45) is 11.8 Å². The molecule has 1 fully saturated rings. The molecule has 1 heterocycles. The van der Waals surface area contributed by atoms with E-state index in [1.165, 1.54) is 19.5 Å². The predicted molar refractivity (Wildman–Crippen MR) is 67.1 cm³/mol. The Labute approximate surface area is 95.4 Å². The minimum atomic E-state index is 0.608. The Balaban J connectivity index is 2.38. The maximum Gasteiger partial charge on any atom is 0.0218 e. The fraction of sp³-hybridized carbons (Fsp3) is 1.00. The summed E-state index contributed by atoms with van der Waals surface area (Å²) in [5.74, 6) is 1.75. The molecule has 1 aliphatic heterocycles. The molecule has 0 saturated carbocycles. The Hall–Kier alpha value is -0.0800. The molecule has 1 aliphatic rings. The van der Waals surface area contributed by atoms with Crippen molar-refractivity contribution in [1.29, 1.82) is 0 Å². The Bertz CT molecular complexity index is 169. The van der Waals surface area contributed by atoms with Gasteiger partial charge in [-0.2, -0.15) is 0 Å². The molecule has 15 heavy (non-hydrogen) atoms. The monoisotopic (exact) mass is 212 g/mol. The summed E-state index contributed by atoms with van der Waals surface area (Å²) >= 11 is 0. The van der Waals surface area contributed by atoms with Gasteiger partial charge in [-0.3, -0.25) is 4.90 Å². The first-order chi connectivity index (χ1) is 7.04. The van der Waals surface area contributed by atoms with Crippen LogP contribution < -0.4 is 5.32 Å². The Kier molecular flexibility index (Phi) is 5.07. The molecule has 90 valence electrons. The summed E-state index contributed by atoms with van der Waals surface area (Å²) in [6, 6.07) is 1.34. The van der Waals surface area contributed by atoms with Gasteiger partial charge in [0.2, 0.25) is 0 Å². The highest BCUT2D eigenvalue weighted by atomic mass is 15.2. The lowest BCUT2D eigenvalue weighted by Gasteiger charge is -2.28. The van der Waals surface area contributed by atoms with Crippen molar-refractivity contribution < 1.29 is 0 Å². The van der Waals surface area contributed by atoms with Gasteiger partial charge in [0.25, 0.3) is 0 Å². The second-order valence-electron chi connectivity index (χ2n) is 5.53. The SMILES string of the molecule is CCC(CNC(C)C)N1CC(C)C(C)C1. The van der Waals surface area contributed by atoms with E-state index in [1.54, 1.807) is 0 Å². The second-order valence-corrected chi connectivity index (χ2v) is 5.53. The molecule has 0 radical (unpaired) electrons. The molecule has 0 spiro atoms. The van der Waals surface area contributed by atoms with Crippen LogP contribution >= 0.6 is 0 Å². The van der Waals surface area contributed by atoms with Gasteiger partial charge in [-0.05, 0) is 18.3 Å². The first kappa shape index (κ1) is 13.0. The van der Waals surface area contributed by atoms with Crippen molar-refractivity contribution in [2.45, 2.75) is 53.1 Å². The Morgan fingerprint density at radius 3 is 2.13 bits per heavy atom. The van der Waals surface area contributed by atoms with Crippen LogP contribution in [0, 0.1) is 11.8 Å². The van der Waals surface area contributed by atoms with E-state index in [4.69, 9.17) is 0 Å². The van der Waals surface area contributed by atoms with Gasteiger partial charge in [0.15, 0.2) is 0 Å². The van der Waals surface area contributed by atoms with E-state index in [1.807, 2.05) is 0 Å². The number of nitrogens with zero attached hydrogens (tertiary/aromatic N) is 1. The molecule has 0 bridgehead atoms.